The molecule has 0 amide bonds. The van der Waals surface area contributed by atoms with Gasteiger partial charge in [-0.3, -0.25) is 0 Å². The van der Waals surface area contributed by atoms with Crippen molar-refractivity contribution in [2.24, 2.45) is 0 Å². The van der Waals surface area contributed by atoms with Gasteiger partial charge in [-0.2, -0.15) is 5.26 Å². The Morgan fingerprint density at radius 3 is 2.71 bits per heavy atom. The zero-order valence-corrected chi connectivity index (χ0v) is 9.11. The third-order valence-electron chi connectivity index (χ3n) is 1.56. The van der Waals surface area contributed by atoms with Gasteiger partial charge in [0.25, 0.3) is 6.43 Å². The van der Waals surface area contributed by atoms with Gasteiger partial charge in [-0.15, -0.1) is 0 Å². The molecule has 0 aliphatic heterocycles. The van der Waals surface area contributed by atoms with Gasteiger partial charge in [-0.05, 0) is 11.6 Å². The molecule has 1 rings (SSSR count). The van der Waals surface area contributed by atoms with Crippen LogP contribution in [-0.2, 0) is 5.33 Å². The molecule has 0 radical (unpaired) electrons. The van der Waals surface area contributed by atoms with Crippen LogP contribution < -0.4 is 0 Å². The van der Waals surface area contributed by atoms with Gasteiger partial charge < -0.3 is 0 Å². The van der Waals surface area contributed by atoms with Crippen molar-refractivity contribution in [1.29, 1.82) is 5.26 Å². The van der Waals surface area contributed by atoms with E-state index in [4.69, 9.17) is 16.9 Å². The minimum Gasteiger partial charge on any atom is -0.233 e. The molecule has 1 aromatic heterocycles. The fourth-order valence-electron chi connectivity index (χ4n) is 0.920. The number of hydrogen-bond donors (Lipinski definition) is 0. The van der Waals surface area contributed by atoms with Crippen LogP contribution in [-0.4, -0.2) is 4.98 Å². The van der Waals surface area contributed by atoms with Crippen molar-refractivity contribution >= 4 is 27.5 Å². The highest BCUT2D eigenvalue weighted by Crippen LogP contribution is 2.26. The summed E-state index contributed by atoms with van der Waals surface area (Å²) in [7, 11) is 0. The fourth-order valence-corrected chi connectivity index (χ4v) is 1.56. The van der Waals surface area contributed by atoms with Gasteiger partial charge in [0.1, 0.15) is 16.9 Å². The maximum Gasteiger partial charge on any atom is 0.280 e. The first-order valence-electron chi connectivity index (χ1n) is 3.53. The SMILES string of the molecule is N#Cc1cc(CBr)c(C(F)F)nc1Cl. The molecule has 0 unspecified atom stereocenters. The van der Waals surface area contributed by atoms with E-state index in [1.165, 1.54) is 6.07 Å². The maximum atomic E-state index is 12.4. The molecule has 0 saturated heterocycles. The van der Waals surface area contributed by atoms with Crippen LogP contribution in [0.3, 0.4) is 0 Å². The number of nitriles is 1. The van der Waals surface area contributed by atoms with E-state index in [0.717, 1.165) is 0 Å². The lowest BCUT2D eigenvalue weighted by Crippen LogP contribution is -1.99. The van der Waals surface area contributed by atoms with Crippen molar-refractivity contribution in [1.82, 2.24) is 4.98 Å². The lowest BCUT2D eigenvalue weighted by molar-refractivity contribution is 0.145. The van der Waals surface area contributed by atoms with Gasteiger partial charge in [0.05, 0.1) is 5.56 Å². The quantitative estimate of drug-likeness (QED) is 0.615. The number of halogens is 4. The standard InChI is InChI=1S/C8H4BrClF2N2/c9-2-4-1-5(3-13)7(10)14-6(4)8(11)12/h1,8H,2H2. The van der Waals surface area contributed by atoms with E-state index >= 15 is 0 Å². The molecule has 0 aliphatic rings. The number of pyridine rings is 1. The molecule has 0 N–H and O–H groups in total. The van der Waals surface area contributed by atoms with Crippen molar-refractivity contribution < 1.29 is 8.78 Å². The van der Waals surface area contributed by atoms with E-state index in [0.29, 0.717) is 0 Å². The average Bonchev–Trinajstić information content (AvgIpc) is 2.17. The Bertz CT molecular complexity index is 390. The average molecular weight is 281 g/mol. The molecule has 1 heterocycles. The second kappa shape index (κ2) is 4.67. The van der Waals surface area contributed by atoms with Crippen LogP contribution in [0.15, 0.2) is 6.07 Å². The molecule has 0 bridgehead atoms. The molecule has 0 spiro atoms. The van der Waals surface area contributed by atoms with Gasteiger partial charge in [-0.1, -0.05) is 27.5 Å². The van der Waals surface area contributed by atoms with Crippen LogP contribution in [0, 0.1) is 11.3 Å². The summed E-state index contributed by atoms with van der Waals surface area (Å²) in [6.07, 6.45) is -2.69. The van der Waals surface area contributed by atoms with Gasteiger partial charge in [0.2, 0.25) is 0 Å². The van der Waals surface area contributed by atoms with Crippen LogP contribution in [0.5, 0.6) is 0 Å². The summed E-state index contributed by atoms with van der Waals surface area (Å²) >= 11 is 8.56. The Morgan fingerprint density at radius 1 is 1.64 bits per heavy atom. The lowest BCUT2D eigenvalue weighted by atomic mass is 10.1. The molecule has 0 fully saturated rings. The summed E-state index contributed by atoms with van der Waals surface area (Å²) in [6, 6.07) is 3.09. The zero-order valence-electron chi connectivity index (χ0n) is 6.77. The summed E-state index contributed by atoms with van der Waals surface area (Å²) in [4.78, 5) is 3.48. The number of rotatable bonds is 2. The maximum absolute atomic E-state index is 12.4. The van der Waals surface area contributed by atoms with Gasteiger partial charge in [0, 0.05) is 5.33 Å². The number of hydrogen-bond acceptors (Lipinski definition) is 2. The highest BCUT2D eigenvalue weighted by Gasteiger charge is 2.17. The Kier molecular flexibility index (Phi) is 3.78. The minimum absolute atomic E-state index is 0.102. The largest absolute Gasteiger partial charge is 0.280 e. The number of alkyl halides is 3. The van der Waals surface area contributed by atoms with Crippen molar-refractivity contribution in [3.63, 3.8) is 0 Å². The second-order valence-electron chi connectivity index (χ2n) is 2.42. The number of aromatic nitrogens is 1. The summed E-state index contributed by atoms with van der Waals surface area (Å²) in [5, 5.41) is 8.62. The fraction of sp³-hybridized carbons (Fsp3) is 0.250. The highest BCUT2D eigenvalue weighted by molar-refractivity contribution is 9.08. The van der Waals surface area contributed by atoms with Crippen LogP contribution in [0.1, 0.15) is 23.2 Å². The summed E-state index contributed by atoms with van der Waals surface area (Å²) in [6.45, 7) is 0. The molecular weight excluding hydrogens is 277 g/mol. The summed E-state index contributed by atoms with van der Waals surface area (Å²) < 4.78 is 24.8. The van der Waals surface area contributed by atoms with E-state index in [1.807, 2.05) is 0 Å². The predicted octanol–water partition coefficient (Wildman–Crippen LogP) is 3.44. The van der Waals surface area contributed by atoms with Crippen molar-refractivity contribution in [2.75, 3.05) is 0 Å². The molecule has 1 aromatic rings. The first-order chi connectivity index (χ1) is 6.60. The molecule has 0 atom stereocenters. The van der Waals surface area contributed by atoms with Gasteiger partial charge in [-0.25, -0.2) is 13.8 Å². The first-order valence-corrected chi connectivity index (χ1v) is 5.03. The van der Waals surface area contributed by atoms with Crippen molar-refractivity contribution in [2.45, 2.75) is 11.8 Å². The van der Waals surface area contributed by atoms with Gasteiger partial charge in [0.15, 0.2) is 0 Å². The molecule has 0 aromatic carbocycles. The van der Waals surface area contributed by atoms with E-state index in [2.05, 4.69) is 20.9 Å². The summed E-state index contributed by atoms with van der Waals surface area (Å²) in [5.74, 6) is 0. The zero-order chi connectivity index (χ0) is 10.7. The Balaban J connectivity index is 3.33. The second-order valence-corrected chi connectivity index (χ2v) is 3.34. The molecular formula is C8H4BrClF2N2. The molecule has 0 saturated carbocycles. The van der Waals surface area contributed by atoms with Crippen molar-refractivity contribution in [3.05, 3.63) is 28.0 Å². The summed E-state index contributed by atoms with van der Waals surface area (Å²) in [5.41, 5.74) is -0.00246. The lowest BCUT2D eigenvalue weighted by Gasteiger charge is -2.06. The minimum atomic E-state index is -2.69. The molecule has 74 valence electrons. The van der Waals surface area contributed by atoms with Crippen LogP contribution in [0.25, 0.3) is 0 Å². The molecule has 14 heavy (non-hydrogen) atoms. The molecule has 2 nitrogen and oxygen atoms in total. The third kappa shape index (κ3) is 2.20. The molecule has 6 heteroatoms. The normalized spacial score (nSPS) is 10.3. The van der Waals surface area contributed by atoms with E-state index in [-0.39, 0.29) is 27.3 Å². The van der Waals surface area contributed by atoms with Gasteiger partial charge >= 0.3 is 0 Å². The van der Waals surface area contributed by atoms with E-state index < -0.39 is 6.43 Å². The topological polar surface area (TPSA) is 36.7 Å². The third-order valence-corrected chi connectivity index (χ3v) is 2.45. The predicted molar refractivity (Wildman–Crippen MR) is 51.6 cm³/mol. The Hall–Kier alpha value is -0.730. The van der Waals surface area contributed by atoms with Crippen LogP contribution >= 0.6 is 27.5 Å². The first kappa shape index (κ1) is 11.3. The van der Waals surface area contributed by atoms with Crippen LogP contribution in [0.4, 0.5) is 8.78 Å². The van der Waals surface area contributed by atoms with Crippen LogP contribution in [0.2, 0.25) is 5.15 Å². The Labute approximate surface area is 92.6 Å². The van der Waals surface area contributed by atoms with Crippen molar-refractivity contribution in [3.8, 4) is 6.07 Å². The number of nitrogens with zero attached hydrogens (tertiary/aromatic N) is 2. The molecule has 0 aliphatic carbocycles. The van der Waals surface area contributed by atoms with E-state index in [9.17, 15) is 8.78 Å². The smallest absolute Gasteiger partial charge is 0.233 e. The van der Waals surface area contributed by atoms with E-state index in [1.54, 1.807) is 6.07 Å². The highest BCUT2D eigenvalue weighted by atomic mass is 79.9. The monoisotopic (exact) mass is 280 g/mol. The Morgan fingerprint density at radius 2 is 2.29 bits per heavy atom.